The standard InChI is InChI=1S/C16H27N5O/c1-13-6-4-9-21(11-13)16(22)14-10-15(19-12-18-14)17-7-5-8-20(2)3/h10,12-13H,4-9,11H2,1-3H3,(H,17,18,19). The summed E-state index contributed by atoms with van der Waals surface area (Å²) in [6, 6.07) is 1.76. The monoisotopic (exact) mass is 305 g/mol. The lowest BCUT2D eigenvalue weighted by molar-refractivity contribution is 0.0677. The number of hydrogen-bond acceptors (Lipinski definition) is 5. The van der Waals surface area contributed by atoms with Gasteiger partial charge in [-0.1, -0.05) is 6.92 Å². The third-order valence-corrected chi connectivity index (χ3v) is 3.92. The fourth-order valence-corrected chi connectivity index (χ4v) is 2.72. The van der Waals surface area contributed by atoms with Crippen LogP contribution in [0.1, 0.15) is 36.7 Å². The molecule has 1 aromatic rings. The van der Waals surface area contributed by atoms with Crippen molar-refractivity contribution < 1.29 is 4.79 Å². The molecule has 1 aliphatic rings. The summed E-state index contributed by atoms with van der Waals surface area (Å²) < 4.78 is 0. The van der Waals surface area contributed by atoms with Crippen molar-refractivity contribution in [3.63, 3.8) is 0 Å². The lowest BCUT2D eigenvalue weighted by Crippen LogP contribution is -2.39. The van der Waals surface area contributed by atoms with E-state index < -0.39 is 0 Å². The Morgan fingerprint density at radius 1 is 1.45 bits per heavy atom. The Kier molecular flexibility index (Phi) is 6.12. The first-order chi connectivity index (χ1) is 10.6. The number of hydrogen-bond donors (Lipinski definition) is 1. The van der Waals surface area contributed by atoms with Gasteiger partial charge < -0.3 is 15.1 Å². The molecule has 0 radical (unpaired) electrons. The van der Waals surface area contributed by atoms with Crippen LogP contribution in [0.25, 0.3) is 0 Å². The maximum atomic E-state index is 12.5. The van der Waals surface area contributed by atoms with Crippen molar-refractivity contribution >= 4 is 11.7 Å². The molecule has 2 heterocycles. The second-order valence-electron chi connectivity index (χ2n) is 6.37. The predicted molar refractivity (Wildman–Crippen MR) is 88.0 cm³/mol. The van der Waals surface area contributed by atoms with E-state index in [2.05, 4.69) is 41.2 Å². The Morgan fingerprint density at radius 2 is 2.27 bits per heavy atom. The van der Waals surface area contributed by atoms with E-state index in [0.29, 0.717) is 11.6 Å². The molecule has 1 saturated heterocycles. The molecule has 1 aromatic heterocycles. The van der Waals surface area contributed by atoms with Crippen molar-refractivity contribution in [1.82, 2.24) is 19.8 Å². The van der Waals surface area contributed by atoms with E-state index in [-0.39, 0.29) is 5.91 Å². The number of nitrogens with zero attached hydrogens (tertiary/aromatic N) is 4. The molecule has 1 aliphatic heterocycles. The van der Waals surface area contributed by atoms with Crippen molar-refractivity contribution in [2.45, 2.75) is 26.2 Å². The van der Waals surface area contributed by atoms with E-state index in [1.54, 1.807) is 6.07 Å². The molecule has 0 bridgehead atoms. The SMILES string of the molecule is CC1CCCN(C(=O)c2cc(NCCCN(C)C)ncn2)C1. The van der Waals surface area contributed by atoms with Crippen LogP contribution in [0.4, 0.5) is 5.82 Å². The van der Waals surface area contributed by atoms with Gasteiger partial charge in [-0.15, -0.1) is 0 Å². The summed E-state index contributed by atoms with van der Waals surface area (Å²) in [6.45, 7) is 5.71. The highest BCUT2D eigenvalue weighted by Crippen LogP contribution is 2.17. The van der Waals surface area contributed by atoms with Gasteiger partial charge in [0.05, 0.1) is 0 Å². The second-order valence-corrected chi connectivity index (χ2v) is 6.37. The minimum absolute atomic E-state index is 0.0188. The fraction of sp³-hybridized carbons (Fsp3) is 0.688. The average molecular weight is 305 g/mol. The second kappa shape index (κ2) is 8.08. The molecule has 0 saturated carbocycles. The van der Waals surface area contributed by atoms with Crippen LogP contribution < -0.4 is 5.32 Å². The number of likely N-dealkylation sites (tertiary alicyclic amines) is 1. The van der Waals surface area contributed by atoms with Gasteiger partial charge in [0.1, 0.15) is 17.8 Å². The summed E-state index contributed by atoms with van der Waals surface area (Å²) in [5.74, 6) is 1.32. The summed E-state index contributed by atoms with van der Waals surface area (Å²) >= 11 is 0. The minimum Gasteiger partial charge on any atom is -0.370 e. The van der Waals surface area contributed by atoms with Crippen LogP contribution in [-0.2, 0) is 0 Å². The van der Waals surface area contributed by atoms with E-state index >= 15 is 0 Å². The average Bonchev–Trinajstić information content (AvgIpc) is 2.51. The van der Waals surface area contributed by atoms with Crippen LogP contribution in [-0.4, -0.2) is 65.9 Å². The first kappa shape index (κ1) is 16.7. The summed E-state index contributed by atoms with van der Waals surface area (Å²) in [5.41, 5.74) is 0.485. The topological polar surface area (TPSA) is 61.4 Å². The summed E-state index contributed by atoms with van der Waals surface area (Å²) in [6.07, 6.45) is 4.78. The normalized spacial score (nSPS) is 18.5. The Bertz CT molecular complexity index is 491. The van der Waals surface area contributed by atoms with Gasteiger partial charge >= 0.3 is 0 Å². The van der Waals surface area contributed by atoms with Crippen molar-refractivity contribution in [1.29, 1.82) is 0 Å². The van der Waals surface area contributed by atoms with Crippen LogP contribution >= 0.6 is 0 Å². The molecule has 122 valence electrons. The van der Waals surface area contributed by atoms with Gasteiger partial charge in [-0.05, 0) is 45.8 Å². The molecule has 1 amide bonds. The van der Waals surface area contributed by atoms with Crippen LogP contribution in [0, 0.1) is 5.92 Å². The van der Waals surface area contributed by atoms with Gasteiger partial charge in [-0.3, -0.25) is 4.79 Å². The summed E-state index contributed by atoms with van der Waals surface area (Å²) in [4.78, 5) is 24.9. The smallest absolute Gasteiger partial charge is 0.272 e. The highest BCUT2D eigenvalue weighted by molar-refractivity contribution is 5.92. The lowest BCUT2D eigenvalue weighted by atomic mass is 10.00. The van der Waals surface area contributed by atoms with E-state index in [1.807, 2.05) is 4.90 Å². The maximum absolute atomic E-state index is 12.5. The van der Waals surface area contributed by atoms with Gasteiger partial charge in [0.15, 0.2) is 0 Å². The quantitative estimate of drug-likeness (QED) is 0.811. The van der Waals surface area contributed by atoms with E-state index in [0.717, 1.165) is 44.8 Å². The van der Waals surface area contributed by atoms with Gasteiger partial charge in [0.2, 0.25) is 0 Å². The first-order valence-electron chi connectivity index (χ1n) is 8.06. The number of nitrogens with one attached hydrogen (secondary N) is 1. The van der Waals surface area contributed by atoms with Crippen molar-refractivity contribution in [2.75, 3.05) is 45.6 Å². The molecule has 6 heteroatoms. The zero-order chi connectivity index (χ0) is 15.9. The van der Waals surface area contributed by atoms with E-state index in [9.17, 15) is 4.79 Å². The number of carbonyl (C=O) groups is 1. The zero-order valence-electron chi connectivity index (χ0n) is 13.9. The van der Waals surface area contributed by atoms with Crippen molar-refractivity contribution in [3.05, 3.63) is 18.1 Å². The van der Waals surface area contributed by atoms with Crippen LogP contribution in [0.2, 0.25) is 0 Å². The van der Waals surface area contributed by atoms with E-state index in [4.69, 9.17) is 0 Å². The van der Waals surface area contributed by atoms with Gasteiger partial charge in [0.25, 0.3) is 5.91 Å². The molecule has 0 aromatic carbocycles. The predicted octanol–water partition coefficient (Wildman–Crippen LogP) is 1.71. The number of rotatable bonds is 6. The van der Waals surface area contributed by atoms with Gasteiger partial charge in [-0.2, -0.15) is 0 Å². The molecule has 6 nitrogen and oxygen atoms in total. The summed E-state index contributed by atoms with van der Waals surface area (Å²) in [7, 11) is 4.11. The fourth-order valence-electron chi connectivity index (χ4n) is 2.72. The molecule has 1 fully saturated rings. The Balaban J connectivity index is 1.91. The summed E-state index contributed by atoms with van der Waals surface area (Å²) in [5, 5.41) is 3.26. The third kappa shape index (κ3) is 4.94. The Labute approximate surface area is 132 Å². The molecule has 0 aliphatic carbocycles. The molecule has 22 heavy (non-hydrogen) atoms. The number of anilines is 1. The molecule has 2 rings (SSSR count). The van der Waals surface area contributed by atoms with E-state index in [1.165, 1.54) is 12.7 Å². The Hall–Kier alpha value is -1.69. The van der Waals surface area contributed by atoms with Crippen LogP contribution in [0.3, 0.4) is 0 Å². The molecular weight excluding hydrogens is 278 g/mol. The molecular formula is C16H27N5O. The molecule has 0 spiro atoms. The van der Waals surface area contributed by atoms with Crippen molar-refractivity contribution in [3.8, 4) is 0 Å². The largest absolute Gasteiger partial charge is 0.370 e. The third-order valence-electron chi connectivity index (χ3n) is 3.92. The van der Waals surface area contributed by atoms with Gasteiger partial charge in [-0.25, -0.2) is 9.97 Å². The maximum Gasteiger partial charge on any atom is 0.272 e. The van der Waals surface area contributed by atoms with Crippen LogP contribution in [0.5, 0.6) is 0 Å². The highest BCUT2D eigenvalue weighted by Gasteiger charge is 2.23. The number of aromatic nitrogens is 2. The lowest BCUT2D eigenvalue weighted by Gasteiger charge is -2.30. The molecule has 1 N–H and O–H groups in total. The van der Waals surface area contributed by atoms with Crippen molar-refractivity contribution in [2.24, 2.45) is 5.92 Å². The number of carbonyl (C=O) groups excluding carboxylic acids is 1. The number of amides is 1. The zero-order valence-corrected chi connectivity index (χ0v) is 13.9. The number of piperidine rings is 1. The molecule has 1 atom stereocenters. The minimum atomic E-state index is 0.0188. The first-order valence-corrected chi connectivity index (χ1v) is 8.06. The van der Waals surface area contributed by atoms with Crippen LogP contribution in [0.15, 0.2) is 12.4 Å². The van der Waals surface area contributed by atoms with Gasteiger partial charge in [0, 0.05) is 25.7 Å². The Morgan fingerprint density at radius 3 is 3.00 bits per heavy atom. The molecule has 1 unspecified atom stereocenters. The highest BCUT2D eigenvalue weighted by atomic mass is 16.2.